The molecule has 1 fully saturated rings. The third-order valence-electron chi connectivity index (χ3n) is 4.95. The van der Waals surface area contributed by atoms with Gasteiger partial charge in [0, 0.05) is 49.4 Å². The fourth-order valence-corrected chi connectivity index (χ4v) is 3.36. The van der Waals surface area contributed by atoms with Crippen LogP contribution in [0.3, 0.4) is 0 Å². The number of nitrogens with zero attached hydrogens (tertiary/aromatic N) is 3. The second-order valence-corrected chi connectivity index (χ2v) is 6.83. The van der Waals surface area contributed by atoms with E-state index in [2.05, 4.69) is 87.0 Å². The van der Waals surface area contributed by atoms with Gasteiger partial charge in [0.05, 0.1) is 0 Å². The van der Waals surface area contributed by atoms with Crippen molar-refractivity contribution in [2.75, 3.05) is 33.2 Å². The van der Waals surface area contributed by atoms with Crippen LogP contribution in [-0.4, -0.2) is 48.7 Å². The van der Waals surface area contributed by atoms with Crippen LogP contribution in [0.1, 0.15) is 39.7 Å². The highest BCUT2D eigenvalue weighted by atomic mass is 15.2. The van der Waals surface area contributed by atoms with E-state index in [1.165, 1.54) is 22.4 Å². The van der Waals surface area contributed by atoms with E-state index < -0.39 is 0 Å². The zero-order valence-electron chi connectivity index (χ0n) is 17.0. The summed E-state index contributed by atoms with van der Waals surface area (Å²) in [4.78, 5) is 9.64. The largest absolute Gasteiger partial charge is 0.372 e. The Morgan fingerprint density at radius 1 is 1.08 bits per heavy atom. The number of likely N-dealkylation sites (N-methyl/N-ethyl adjacent to an activating group) is 1. The summed E-state index contributed by atoms with van der Waals surface area (Å²) in [5.41, 5.74) is 6.15. The fourth-order valence-electron chi connectivity index (χ4n) is 3.36. The predicted molar refractivity (Wildman–Crippen MR) is 114 cm³/mol. The average Bonchev–Trinajstić information content (AvgIpc) is 2.67. The van der Waals surface area contributed by atoms with E-state index in [1.54, 1.807) is 0 Å². The predicted octanol–water partition coefficient (Wildman–Crippen LogP) is 5.00. The fraction of sp³-hybridized carbons (Fsp3) is 0.435. The Morgan fingerprint density at radius 2 is 1.73 bits per heavy atom. The molecule has 1 aromatic carbocycles. The molecule has 3 heteroatoms. The third kappa shape index (κ3) is 5.18. The first-order valence-corrected chi connectivity index (χ1v) is 9.64. The number of hydrogen-bond acceptors (Lipinski definition) is 3. The smallest absolute Gasteiger partial charge is 0.0468 e. The molecule has 3 nitrogen and oxygen atoms in total. The van der Waals surface area contributed by atoms with Gasteiger partial charge in [0.2, 0.25) is 0 Å². The Balaban J connectivity index is 2.49. The Labute approximate surface area is 159 Å². The molecule has 0 saturated carbocycles. The monoisotopic (exact) mass is 351 g/mol. The lowest BCUT2D eigenvalue weighted by molar-refractivity contribution is 0.186. The molecule has 0 spiro atoms. The maximum absolute atomic E-state index is 4.74. The lowest BCUT2D eigenvalue weighted by atomic mass is 9.92. The first-order chi connectivity index (χ1) is 12.6. The maximum Gasteiger partial charge on any atom is 0.0468 e. The van der Waals surface area contributed by atoms with Gasteiger partial charge in [-0.2, -0.15) is 0 Å². The molecule has 26 heavy (non-hydrogen) atoms. The number of allylic oxidation sites excluding steroid dienone is 5. The zero-order valence-corrected chi connectivity index (χ0v) is 17.0. The summed E-state index contributed by atoms with van der Waals surface area (Å²) in [5, 5.41) is 0. The molecule has 1 aliphatic heterocycles. The number of piperazine rings is 1. The summed E-state index contributed by atoms with van der Waals surface area (Å²) < 4.78 is 0. The van der Waals surface area contributed by atoms with E-state index >= 15 is 0 Å². The standard InChI is InChI=1S/C23H33N3/c1-6-8-14-24-19(3)23(20(4)26-17-15-25(5)16-18-26)22(7-2)21-12-10-9-11-13-21/h7-14H,6,15-18H2,1-5H3/b14-8+,22-7-,23-20-,24-19+. The highest BCUT2D eigenvalue weighted by Crippen LogP contribution is 2.29. The molecule has 1 saturated heterocycles. The van der Waals surface area contributed by atoms with Crippen LogP contribution in [0.5, 0.6) is 0 Å². The van der Waals surface area contributed by atoms with Crippen LogP contribution in [0.2, 0.25) is 0 Å². The lowest BCUT2D eigenvalue weighted by Gasteiger charge is -2.36. The number of benzene rings is 1. The summed E-state index contributed by atoms with van der Waals surface area (Å²) in [6.07, 6.45) is 7.25. The van der Waals surface area contributed by atoms with Crippen LogP contribution in [0.25, 0.3) is 5.57 Å². The second kappa shape index (κ2) is 10.1. The molecule has 0 unspecified atom stereocenters. The molecular formula is C23H33N3. The molecule has 140 valence electrons. The minimum absolute atomic E-state index is 1.00. The summed E-state index contributed by atoms with van der Waals surface area (Å²) >= 11 is 0. The van der Waals surface area contributed by atoms with Crippen LogP contribution in [-0.2, 0) is 0 Å². The van der Waals surface area contributed by atoms with Gasteiger partial charge in [-0.05, 0) is 45.4 Å². The van der Waals surface area contributed by atoms with Crippen molar-refractivity contribution in [2.45, 2.75) is 34.1 Å². The number of aliphatic imine (C=N–C) groups is 1. The van der Waals surface area contributed by atoms with Gasteiger partial charge in [-0.3, -0.25) is 4.99 Å². The Hall–Kier alpha value is -2.13. The molecule has 2 rings (SSSR count). The molecule has 0 atom stereocenters. The normalized spacial score (nSPS) is 18.4. The van der Waals surface area contributed by atoms with Crippen LogP contribution in [0.4, 0.5) is 0 Å². The molecule has 0 aliphatic carbocycles. The summed E-state index contributed by atoms with van der Waals surface area (Å²) in [6.45, 7) is 13.0. The first-order valence-electron chi connectivity index (χ1n) is 9.64. The van der Waals surface area contributed by atoms with E-state index in [9.17, 15) is 0 Å². The third-order valence-corrected chi connectivity index (χ3v) is 4.95. The van der Waals surface area contributed by atoms with Gasteiger partial charge in [-0.1, -0.05) is 49.4 Å². The molecule has 1 heterocycles. The van der Waals surface area contributed by atoms with E-state index in [4.69, 9.17) is 4.99 Å². The SMILES string of the molecule is C\C=C(C(/C(C)=N/C=C/CC)=C(/C)N1CCN(C)CC1)\c1ccccc1. The van der Waals surface area contributed by atoms with Gasteiger partial charge in [-0.25, -0.2) is 0 Å². The van der Waals surface area contributed by atoms with Gasteiger partial charge in [0.25, 0.3) is 0 Å². The van der Waals surface area contributed by atoms with Crippen molar-refractivity contribution in [3.05, 3.63) is 65.5 Å². The van der Waals surface area contributed by atoms with Crippen LogP contribution < -0.4 is 0 Å². The summed E-state index contributed by atoms with van der Waals surface area (Å²) in [6, 6.07) is 10.6. The molecule has 1 aliphatic rings. The van der Waals surface area contributed by atoms with Gasteiger partial charge < -0.3 is 9.80 Å². The minimum Gasteiger partial charge on any atom is -0.372 e. The molecule has 0 amide bonds. The van der Waals surface area contributed by atoms with Crippen molar-refractivity contribution < 1.29 is 0 Å². The van der Waals surface area contributed by atoms with Gasteiger partial charge in [-0.15, -0.1) is 0 Å². The van der Waals surface area contributed by atoms with Gasteiger partial charge in [0.1, 0.15) is 0 Å². The van der Waals surface area contributed by atoms with Crippen molar-refractivity contribution in [2.24, 2.45) is 4.99 Å². The molecule has 0 aromatic heterocycles. The lowest BCUT2D eigenvalue weighted by Crippen LogP contribution is -2.44. The van der Waals surface area contributed by atoms with Crippen molar-refractivity contribution in [1.82, 2.24) is 9.80 Å². The van der Waals surface area contributed by atoms with Gasteiger partial charge in [0.15, 0.2) is 0 Å². The molecule has 0 N–H and O–H groups in total. The van der Waals surface area contributed by atoms with E-state index in [1.807, 2.05) is 6.20 Å². The van der Waals surface area contributed by atoms with Gasteiger partial charge >= 0.3 is 0 Å². The average molecular weight is 352 g/mol. The zero-order chi connectivity index (χ0) is 18.9. The highest BCUT2D eigenvalue weighted by Gasteiger charge is 2.20. The quantitative estimate of drug-likeness (QED) is 0.531. The maximum atomic E-state index is 4.74. The van der Waals surface area contributed by atoms with Crippen molar-refractivity contribution in [3.8, 4) is 0 Å². The van der Waals surface area contributed by atoms with Crippen molar-refractivity contribution >= 4 is 11.3 Å². The van der Waals surface area contributed by atoms with Crippen molar-refractivity contribution in [1.29, 1.82) is 0 Å². The van der Waals surface area contributed by atoms with E-state index in [0.717, 1.165) is 38.3 Å². The van der Waals surface area contributed by atoms with Crippen molar-refractivity contribution in [3.63, 3.8) is 0 Å². The summed E-state index contributed by atoms with van der Waals surface area (Å²) in [5.74, 6) is 0. The van der Waals surface area contributed by atoms with E-state index in [0.29, 0.717) is 0 Å². The highest BCUT2D eigenvalue weighted by molar-refractivity contribution is 6.12. The van der Waals surface area contributed by atoms with Crippen LogP contribution >= 0.6 is 0 Å². The Bertz CT molecular complexity index is 687. The topological polar surface area (TPSA) is 18.8 Å². The van der Waals surface area contributed by atoms with Crippen LogP contribution in [0.15, 0.2) is 64.9 Å². The molecular weight excluding hydrogens is 318 g/mol. The Kier molecular flexibility index (Phi) is 7.86. The summed E-state index contributed by atoms with van der Waals surface area (Å²) in [7, 11) is 2.20. The second-order valence-electron chi connectivity index (χ2n) is 6.83. The van der Waals surface area contributed by atoms with Crippen LogP contribution in [0, 0.1) is 0 Å². The molecule has 0 radical (unpaired) electrons. The Morgan fingerprint density at radius 3 is 2.31 bits per heavy atom. The minimum atomic E-state index is 1.00. The molecule has 1 aromatic rings. The number of rotatable bonds is 6. The molecule has 0 bridgehead atoms. The van der Waals surface area contributed by atoms with E-state index in [-0.39, 0.29) is 0 Å². The first kappa shape index (κ1) is 20.2. The number of hydrogen-bond donors (Lipinski definition) is 0.